The van der Waals surface area contributed by atoms with E-state index in [4.69, 9.17) is 5.73 Å². The molecular formula is C14H24NO. The first kappa shape index (κ1) is 15.1. The van der Waals surface area contributed by atoms with Gasteiger partial charge in [0.05, 0.1) is 6.61 Å². The van der Waals surface area contributed by atoms with Gasteiger partial charge in [0.25, 0.3) is 0 Å². The van der Waals surface area contributed by atoms with Crippen LogP contribution in [0.4, 0.5) is 0 Å². The predicted octanol–water partition coefficient (Wildman–Crippen LogP) is 3.53. The summed E-state index contributed by atoms with van der Waals surface area (Å²) < 4.78 is 0. The molecule has 1 radical (unpaired) electrons. The fourth-order valence-electron chi connectivity index (χ4n) is 1.32. The summed E-state index contributed by atoms with van der Waals surface area (Å²) in [7, 11) is 0. The van der Waals surface area contributed by atoms with Crippen LogP contribution in [-0.2, 0) is 11.7 Å². The largest absolute Gasteiger partial charge is 0.326 e. The number of benzene rings is 1. The second-order valence-corrected chi connectivity index (χ2v) is 3.81. The van der Waals surface area contributed by atoms with Crippen molar-refractivity contribution in [3.63, 3.8) is 0 Å². The molecule has 0 aliphatic carbocycles. The van der Waals surface area contributed by atoms with Crippen molar-refractivity contribution in [2.24, 2.45) is 5.73 Å². The minimum Gasteiger partial charge on any atom is -0.326 e. The third kappa shape index (κ3) is 9.69. The van der Waals surface area contributed by atoms with Gasteiger partial charge in [-0.3, -0.25) is 0 Å². The van der Waals surface area contributed by atoms with Crippen LogP contribution in [0.1, 0.15) is 44.6 Å². The lowest BCUT2D eigenvalue weighted by Gasteiger charge is -1.92. The Bertz CT molecular complexity index is 217. The Kier molecular flexibility index (Phi) is 11.6. The Morgan fingerprint density at radius 2 is 1.62 bits per heavy atom. The van der Waals surface area contributed by atoms with Crippen molar-refractivity contribution in [2.75, 3.05) is 6.61 Å². The third-order valence-electron chi connectivity index (χ3n) is 2.33. The van der Waals surface area contributed by atoms with Crippen molar-refractivity contribution in [3.8, 4) is 0 Å². The summed E-state index contributed by atoms with van der Waals surface area (Å²) >= 11 is 0. The van der Waals surface area contributed by atoms with Crippen LogP contribution >= 0.6 is 0 Å². The molecule has 0 bridgehead atoms. The highest BCUT2D eigenvalue weighted by molar-refractivity contribution is 5.13. The van der Waals surface area contributed by atoms with E-state index in [0.29, 0.717) is 6.54 Å². The Labute approximate surface area is 99.5 Å². The molecule has 2 N–H and O–H groups in total. The highest BCUT2D eigenvalue weighted by Gasteiger charge is 1.85. The monoisotopic (exact) mass is 222 g/mol. The van der Waals surface area contributed by atoms with Crippen molar-refractivity contribution in [2.45, 2.75) is 45.6 Å². The predicted molar refractivity (Wildman–Crippen MR) is 68.6 cm³/mol. The summed E-state index contributed by atoms with van der Waals surface area (Å²) in [6, 6.07) is 9.99. The first-order chi connectivity index (χ1) is 7.85. The molecule has 0 aromatic heterocycles. The standard InChI is InChI=1S/C7H9N.C7H15O/c8-6-7-4-2-1-3-5-7;1-2-3-4-5-6-7-8/h1-5H,6,8H2;2-7H2,1H3. The average Bonchev–Trinajstić information content (AvgIpc) is 2.36. The molecule has 0 amide bonds. The van der Waals surface area contributed by atoms with Crippen molar-refractivity contribution in [3.05, 3.63) is 35.9 Å². The molecule has 1 rings (SSSR count). The van der Waals surface area contributed by atoms with Gasteiger partial charge in [-0.25, -0.2) is 5.11 Å². The van der Waals surface area contributed by atoms with Crippen LogP contribution in [0.15, 0.2) is 30.3 Å². The van der Waals surface area contributed by atoms with Gasteiger partial charge < -0.3 is 5.73 Å². The molecule has 2 heteroatoms. The summed E-state index contributed by atoms with van der Waals surface area (Å²) in [5.41, 5.74) is 6.54. The van der Waals surface area contributed by atoms with Crippen LogP contribution < -0.4 is 5.73 Å². The summed E-state index contributed by atoms with van der Waals surface area (Å²) in [6.07, 6.45) is 5.81. The number of hydrogen-bond donors (Lipinski definition) is 1. The molecule has 0 atom stereocenters. The highest BCUT2D eigenvalue weighted by atomic mass is 16.2. The molecule has 0 spiro atoms. The molecule has 2 nitrogen and oxygen atoms in total. The Balaban J connectivity index is 0.000000281. The first-order valence-corrected chi connectivity index (χ1v) is 6.17. The Morgan fingerprint density at radius 1 is 1.00 bits per heavy atom. The van der Waals surface area contributed by atoms with Gasteiger partial charge in [0.1, 0.15) is 0 Å². The second kappa shape index (κ2) is 12.2. The van der Waals surface area contributed by atoms with Crippen LogP contribution in [0.25, 0.3) is 0 Å². The molecule has 1 aromatic rings. The van der Waals surface area contributed by atoms with Gasteiger partial charge in [0.2, 0.25) is 0 Å². The molecule has 16 heavy (non-hydrogen) atoms. The van der Waals surface area contributed by atoms with Crippen LogP contribution in [0.5, 0.6) is 0 Å². The van der Waals surface area contributed by atoms with Crippen LogP contribution in [0, 0.1) is 0 Å². The minimum atomic E-state index is 0.115. The number of rotatable bonds is 6. The molecule has 0 aliphatic rings. The molecule has 0 saturated carbocycles. The van der Waals surface area contributed by atoms with Gasteiger partial charge >= 0.3 is 0 Å². The lowest BCUT2D eigenvalue weighted by atomic mass is 10.2. The van der Waals surface area contributed by atoms with Gasteiger partial charge in [-0.05, 0) is 12.0 Å². The maximum atomic E-state index is 9.89. The van der Waals surface area contributed by atoms with E-state index in [9.17, 15) is 5.11 Å². The minimum absolute atomic E-state index is 0.115. The van der Waals surface area contributed by atoms with E-state index in [0.717, 1.165) is 12.8 Å². The van der Waals surface area contributed by atoms with Crippen molar-refractivity contribution < 1.29 is 5.11 Å². The molecule has 0 heterocycles. The lowest BCUT2D eigenvalue weighted by Crippen LogP contribution is -1.94. The quantitative estimate of drug-likeness (QED) is 0.735. The van der Waals surface area contributed by atoms with E-state index in [1.807, 2.05) is 30.3 Å². The van der Waals surface area contributed by atoms with Crippen molar-refractivity contribution in [1.82, 2.24) is 0 Å². The van der Waals surface area contributed by atoms with E-state index < -0.39 is 0 Å². The van der Waals surface area contributed by atoms with E-state index in [2.05, 4.69) is 6.92 Å². The van der Waals surface area contributed by atoms with Gasteiger partial charge in [-0.15, -0.1) is 0 Å². The third-order valence-corrected chi connectivity index (χ3v) is 2.33. The van der Waals surface area contributed by atoms with E-state index in [1.165, 1.54) is 24.8 Å². The van der Waals surface area contributed by atoms with Gasteiger partial charge in [-0.1, -0.05) is 62.9 Å². The summed E-state index contributed by atoms with van der Waals surface area (Å²) in [5.74, 6) is 0. The smallest absolute Gasteiger partial charge is 0.0822 e. The van der Waals surface area contributed by atoms with E-state index in [1.54, 1.807) is 0 Å². The molecule has 91 valence electrons. The summed E-state index contributed by atoms with van der Waals surface area (Å²) in [4.78, 5) is 0. The van der Waals surface area contributed by atoms with Crippen LogP contribution in [0.2, 0.25) is 0 Å². The molecule has 1 aromatic carbocycles. The maximum Gasteiger partial charge on any atom is 0.0822 e. The number of hydrogen-bond acceptors (Lipinski definition) is 1. The zero-order valence-electron chi connectivity index (χ0n) is 10.3. The maximum absolute atomic E-state index is 9.89. The van der Waals surface area contributed by atoms with E-state index in [-0.39, 0.29) is 6.61 Å². The lowest BCUT2D eigenvalue weighted by molar-refractivity contribution is 0.186. The van der Waals surface area contributed by atoms with Crippen LogP contribution in [0.3, 0.4) is 0 Å². The molecule has 0 unspecified atom stereocenters. The zero-order chi connectivity index (χ0) is 12.1. The first-order valence-electron chi connectivity index (χ1n) is 6.17. The van der Waals surface area contributed by atoms with Gasteiger partial charge in [0, 0.05) is 6.54 Å². The molecule has 0 aliphatic heterocycles. The summed E-state index contributed by atoms with van der Waals surface area (Å²) in [6.45, 7) is 2.93. The van der Waals surface area contributed by atoms with Crippen LogP contribution in [-0.4, -0.2) is 6.61 Å². The summed E-state index contributed by atoms with van der Waals surface area (Å²) in [5, 5.41) is 9.89. The van der Waals surface area contributed by atoms with Crippen molar-refractivity contribution >= 4 is 0 Å². The van der Waals surface area contributed by atoms with Crippen molar-refractivity contribution in [1.29, 1.82) is 0 Å². The molecule has 0 saturated heterocycles. The average molecular weight is 222 g/mol. The fraction of sp³-hybridized carbons (Fsp3) is 0.571. The SMILES string of the molecule is CCCCCCC[O].NCc1ccccc1. The Morgan fingerprint density at radius 3 is 2.06 bits per heavy atom. The topological polar surface area (TPSA) is 45.9 Å². The number of nitrogens with two attached hydrogens (primary N) is 1. The van der Waals surface area contributed by atoms with Gasteiger partial charge in [-0.2, -0.15) is 0 Å². The number of unbranched alkanes of at least 4 members (excludes halogenated alkanes) is 4. The molecule has 0 fully saturated rings. The Hall–Kier alpha value is -0.860. The second-order valence-electron chi connectivity index (χ2n) is 3.81. The fourth-order valence-corrected chi connectivity index (χ4v) is 1.32. The highest BCUT2D eigenvalue weighted by Crippen LogP contribution is 2.00. The van der Waals surface area contributed by atoms with E-state index >= 15 is 0 Å². The zero-order valence-corrected chi connectivity index (χ0v) is 10.3. The van der Waals surface area contributed by atoms with Gasteiger partial charge in [0.15, 0.2) is 0 Å². The molecular weight excluding hydrogens is 198 g/mol. The normalized spacial score (nSPS) is 9.44.